The van der Waals surface area contributed by atoms with E-state index in [0.717, 1.165) is 12.1 Å². The molecule has 1 aliphatic heterocycles. The van der Waals surface area contributed by atoms with Crippen LogP contribution in [-0.4, -0.2) is 38.0 Å². The summed E-state index contributed by atoms with van der Waals surface area (Å²) in [5.41, 5.74) is 3.13. The molecule has 0 unspecified atom stereocenters. The lowest BCUT2D eigenvalue weighted by atomic mass is 9.95. The quantitative estimate of drug-likeness (QED) is 0.551. The summed E-state index contributed by atoms with van der Waals surface area (Å²) >= 11 is 0. The third-order valence-corrected chi connectivity index (χ3v) is 5.33. The molecular weight excluding hydrogens is 368 g/mol. The predicted molar refractivity (Wildman–Crippen MR) is 113 cm³/mol. The van der Waals surface area contributed by atoms with Gasteiger partial charge in [0.1, 0.15) is 12.2 Å². The number of benzene rings is 2. The number of carbonyl (C=O) groups is 1. The van der Waals surface area contributed by atoms with Gasteiger partial charge < -0.3 is 15.1 Å². The molecule has 3 rings (SSSR count). The minimum atomic E-state index is -0.348. The fourth-order valence-electron chi connectivity index (χ4n) is 3.79. The molecule has 2 N–H and O–H groups in total. The summed E-state index contributed by atoms with van der Waals surface area (Å²) < 4.78 is 0. The minimum absolute atomic E-state index is 0.0503. The maximum atomic E-state index is 12.6. The first-order chi connectivity index (χ1) is 13.9. The molecule has 7 nitrogen and oxygen atoms in total. The van der Waals surface area contributed by atoms with Crippen molar-refractivity contribution in [2.24, 2.45) is 5.92 Å². The van der Waals surface area contributed by atoms with Gasteiger partial charge in [0.25, 0.3) is 5.69 Å². The molecule has 0 saturated carbocycles. The normalized spacial score (nSPS) is 14.8. The number of para-hydroxylation sites is 2. The first kappa shape index (κ1) is 20.8. The van der Waals surface area contributed by atoms with Gasteiger partial charge in [0.05, 0.1) is 19.0 Å². The van der Waals surface area contributed by atoms with E-state index in [1.807, 2.05) is 11.0 Å². The number of hydrogen-bond donors (Lipinski definition) is 2. The van der Waals surface area contributed by atoms with Crippen LogP contribution in [0.3, 0.4) is 0 Å². The SMILES string of the molecule is C[NH+](C)Cc1ccc(CNC(=O)C2CCN(c3ccccc3[N+](=O)[O-])CC2)cc1. The average molecular weight is 397 g/mol. The van der Waals surface area contributed by atoms with Crippen molar-refractivity contribution >= 4 is 17.3 Å². The number of amides is 1. The number of quaternary nitrogens is 1. The summed E-state index contributed by atoms with van der Waals surface area (Å²) in [4.78, 5) is 26.8. The van der Waals surface area contributed by atoms with E-state index in [4.69, 9.17) is 0 Å². The van der Waals surface area contributed by atoms with Crippen LogP contribution in [0.4, 0.5) is 11.4 Å². The standard InChI is InChI=1S/C22H28N4O3/c1-24(2)16-18-9-7-17(8-10-18)15-23-22(27)19-11-13-25(14-12-19)20-5-3-4-6-21(20)26(28)29/h3-10,19H,11-16H2,1-2H3,(H,23,27)/p+1. The molecule has 1 amide bonds. The lowest BCUT2D eigenvalue weighted by Gasteiger charge is -2.32. The van der Waals surface area contributed by atoms with Crippen molar-refractivity contribution in [3.05, 3.63) is 69.8 Å². The number of nitrogens with zero attached hydrogens (tertiary/aromatic N) is 2. The Balaban J connectivity index is 1.50. The molecule has 0 atom stereocenters. The maximum Gasteiger partial charge on any atom is 0.292 e. The van der Waals surface area contributed by atoms with Crippen LogP contribution in [0.1, 0.15) is 24.0 Å². The Bertz CT molecular complexity index is 843. The zero-order chi connectivity index (χ0) is 20.8. The zero-order valence-electron chi connectivity index (χ0n) is 17.1. The molecule has 0 bridgehead atoms. The van der Waals surface area contributed by atoms with Gasteiger partial charge in [-0.15, -0.1) is 0 Å². The van der Waals surface area contributed by atoms with Gasteiger partial charge in [-0.2, -0.15) is 0 Å². The molecule has 2 aromatic carbocycles. The highest BCUT2D eigenvalue weighted by atomic mass is 16.6. The fourth-order valence-corrected chi connectivity index (χ4v) is 3.79. The van der Waals surface area contributed by atoms with E-state index in [1.54, 1.807) is 12.1 Å². The molecule has 1 fully saturated rings. The van der Waals surface area contributed by atoms with Gasteiger partial charge >= 0.3 is 0 Å². The molecule has 2 aromatic rings. The van der Waals surface area contributed by atoms with Crippen molar-refractivity contribution in [3.8, 4) is 0 Å². The summed E-state index contributed by atoms with van der Waals surface area (Å²) in [5.74, 6) is 0.0136. The van der Waals surface area contributed by atoms with Gasteiger partial charge in [0.15, 0.2) is 0 Å². The van der Waals surface area contributed by atoms with Crippen molar-refractivity contribution in [1.29, 1.82) is 0 Å². The highest BCUT2D eigenvalue weighted by Crippen LogP contribution is 2.31. The summed E-state index contributed by atoms with van der Waals surface area (Å²) in [6, 6.07) is 15.1. The summed E-state index contributed by atoms with van der Waals surface area (Å²) in [7, 11) is 4.24. The fraction of sp³-hybridized carbons (Fsp3) is 0.409. The van der Waals surface area contributed by atoms with Crippen LogP contribution in [-0.2, 0) is 17.9 Å². The van der Waals surface area contributed by atoms with Crippen LogP contribution in [0.15, 0.2) is 48.5 Å². The maximum absolute atomic E-state index is 12.6. The van der Waals surface area contributed by atoms with Crippen LogP contribution >= 0.6 is 0 Å². The topological polar surface area (TPSA) is 79.9 Å². The lowest BCUT2D eigenvalue weighted by molar-refractivity contribution is -0.872. The Morgan fingerprint density at radius 2 is 1.72 bits per heavy atom. The van der Waals surface area contributed by atoms with Gasteiger partial charge in [-0.1, -0.05) is 36.4 Å². The van der Waals surface area contributed by atoms with Crippen LogP contribution in [0.5, 0.6) is 0 Å². The van der Waals surface area contributed by atoms with Gasteiger partial charge in [-0.25, -0.2) is 0 Å². The third-order valence-electron chi connectivity index (χ3n) is 5.33. The number of anilines is 1. The second-order valence-electron chi connectivity index (χ2n) is 7.93. The zero-order valence-corrected chi connectivity index (χ0v) is 17.1. The smallest absolute Gasteiger partial charge is 0.292 e. The predicted octanol–water partition coefficient (Wildman–Crippen LogP) is 1.77. The van der Waals surface area contributed by atoms with E-state index in [9.17, 15) is 14.9 Å². The molecule has 1 heterocycles. The largest absolute Gasteiger partial charge is 0.366 e. The van der Waals surface area contributed by atoms with Crippen LogP contribution in [0.25, 0.3) is 0 Å². The Morgan fingerprint density at radius 3 is 2.34 bits per heavy atom. The number of rotatable bonds is 7. The van der Waals surface area contributed by atoms with Gasteiger partial charge in [0.2, 0.25) is 5.91 Å². The first-order valence-electron chi connectivity index (χ1n) is 10.1. The monoisotopic (exact) mass is 397 g/mol. The molecule has 7 heteroatoms. The molecular formula is C22H29N4O3+. The Kier molecular flexibility index (Phi) is 6.82. The van der Waals surface area contributed by atoms with E-state index in [1.165, 1.54) is 16.5 Å². The van der Waals surface area contributed by atoms with Crippen molar-refractivity contribution in [1.82, 2.24) is 5.32 Å². The Morgan fingerprint density at radius 1 is 1.10 bits per heavy atom. The molecule has 154 valence electrons. The van der Waals surface area contributed by atoms with Gasteiger partial charge in [0, 0.05) is 37.2 Å². The number of nitro groups is 1. The number of carbonyl (C=O) groups excluding carboxylic acids is 1. The molecule has 0 aliphatic carbocycles. The second kappa shape index (κ2) is 9.52. The highest BCUT2D eigenvalue weighted by molar-refractivity contribution is 5.79. The van der Waals surface area contributed by atoms with Crippen molar-refractivity contribution in [2.45, 2.75) is 25.9 Å². The number of nitro benzene ring substituents is 1. The van der Waals surface area contributed by atoms with Crippen molar-refractivity contribution in [3.63, 3.8) is 0 Å². The van der Waals surface area contributed by atoms with E-state index < -0.39 is 0 Å². The molecule has 0 radical (unpaired) electrons. The van der Waals surface area contributed by atoms with Gasteiger partial charge in [-0.3, -0.25) is 14.9 Å². The van der Waals surface area contributed by atoms with Crippen LogP contribution < -0.4 is 15.1 Å². The van der Waals surface area contributed by atoms with Crippen LogP contribution in [0, 0.1) is 16.0 Å². The van der Waals surface area contributed by atoms with Crippen molar-refractivity contribution in [2.75, 3.05) is 32.1 Å². The van der Waals surface area contributed by atoms with Gasteiger partial charge in [-0.05, 0) is 24.5 Å². The van der Waals surface area contributed by atoms with E-state index in [2.05, 4.69) is 43.7 Å². The van der Waals surface area contributed by atoms with E-state index >= 15 is 0 Å². The Labute approximate surface area is 171 Å². The molecule has 0 spiro atoms. The molecule has 1 saturated heterocycles. The Hall–Kier alpha value is -2.93. The van der Waals surface area contributed by atoms with E-state index in [-0.39, 0.29) is 22.4 Å². The summed E-state index contributed by atoms with van der Waals surface area (Å²) in [6.45, 7) is 2.79. The highest BCUT2D eigenvalue weighted by Gasteiger charge is 2.27. The lowest BCUT2D eigenvalue weighted by Crippen LogP contribution is -3.04. The minimum Gasteiger partial charge on any atom is -0.366 e. The summed E-state index contributed by atoms with van der Waals surface area (Å²) in [6.07, 6.45) is 1.39. The van der Waals surface area contributed by atoms with E-state index in [0.29, 0.717) is 38.2 Å². The number of nitrogens with one attached hydrogen (secondary N) is 2. The number of hydrogen-bond acceptors (Lipinski definition) is 4. The van der Waals surface area contributed by atoms with Crippen molar-refractivity contribution < 1.29 is 14.6 Å². The molecule has 29 heavy (non-hydrogen) atoms. The molecule has 1 aliphatic rings. The average Bonchev–Trinajstić information content (AvgIpc) is 2.72. The van der Waals surface area contributed by atoms with Crippen LogP contribution in [0.2, 0.25) is 0 Å². The third kappa shape index (κ3) is 5.54. The second-order valence-corrected chi connectivity index (χ2v) is 7.93. The summed E-state index contributed by atoms with van der Waals surface area (Å²) in [5, 5.41) is 14.3. The first-order valence-corrected chi connectivity index (χ1v) is 10.1. The number of piperidine rings is 1. The molecule has 0 aromatic heterocycles.